The van der Waals surface area contributed by atoms with Crippen LogP contribution in [0.5, 0.6) is 5.75 Å². The zero-order valence-electron chi connectivity index (χ0n) is 11.6. The summed E-state index contributed by atoms with van der Waals surface area (Å²) in [5, 5.41) is 10.4. The molecule has 2 atom stereocenters. The van der Waals surface area contributed by atoms with E-state index >= 15 is 0 Å². The summed E-state index contributed by atoms with van der Waals surface area (Å²) in [6.07, 6.45) is 3.71. The Labute approximate surface area is 115 Å². The van der Waals surface area contributed by atoms with Gasteiger partial charge in [-0.25, -0.2) is 0 Å². The molecule has 1 saturated carbocycles. The lowest BCUT2D eigenvalue weighted by atomic mass is 9.96. The zero-order valence-corrected chi connectivity index (χ0v) is 11.6. The number of hydrogen-bond donors (Lipinski definition) is 1. The van der Waals surface area contributed by atoms with Crippen LogP contribution in [0.3, 0.4) is 0 Å². The Kier molecular flexibility index (Phi) is 3.76. The van der Waals surface area contributed by atoms with Gasteiger partial charge in [0, 0.05) is 6.54 Å². The molecular weight excluding hydrogens is 238 g/mol. The van der Waals surface area contributed by atoms with Crippen LogP contribution < -0.4 is 4.74 Å². The van der Waals surface area contributed by atoms with Gasteiger partial charge in [0.25, 0.3) is 0 Å². The van der Waals surface area contributed by atoms with Gasteiger partial charge in [0.15, 0.2) is 0 Å². The molecule has 2 aliphatic rings. The molecule has 3 rings (SSSR count). The average Bonchev–Trinajstić information content (AvgIpc) is 3.17. The van der Waals surface area contributed by atoms with Crippen LogP contribution in [0.1, 0.15) is 37.9 Å². The van der Waals surface area contributed by atoms with E-state index in [0.717, 1.165) is 17.9 Å². The molecule has 1 saturated heterocycles. The second kappa shape index (κ2) is 5.51. The molecule has 1 aromatic rings. The van der Waals surface area contributed by atoms with Crippen LogP contribution in [0.2, 0.25) is 0 Å². The minimum Gasteiger partial charge on any atom is -0.490 e. The number of aliphatic hydroxyl groups excluding tert-OH is 1. The van der Waals surface area contributed by atoms with Crippen molar-refractivity contribution in [3.63, 3.8) is 0 Å². The minimum absolute atomic E-state index is 0.274. The Morgan fingerprint density at radius 3 is 2.47 bits per heavy atom. The molecule has 1 aliphatic heterocycles. The molecular formula is C16H23NO2. The van der Waals surface area contributed by atoms with Crippen molar-refractivity contribution in [2.75, 3.05) is 19.6 Å². The molecule has 1 aliphatic carbocycles. The van der Waals surface area contributed by atoms with Gasteiger partial charge < -0.3 is 14.7 Å². The van der Waals surface area contributed by atoms with Gasteiger partial charge in [0.1, 0.15) is 5.75 Å². The highest BCUT2D eigenvalue weighted by Gasteiger charge is 2.24. The molecule has 19 heavy (non-hydrogen) atoms. The topological polar surface area (TPSA) is 32.7 Å². The van der Waals surface area contributed by atoms with Crippen LogP contribution >= 0.6 is 0 Å². The van der Waals surface area contributed by atoms with Crippen molar-refractivity contribution >= 4 is 0 Å². The van der Waals surface area contributed by atoms with Crippen molar-refractivity contribution in [1.82, 2.24) is 4.90 Å². The molecule has 1 aromatic carbocycles. The molecule has 1 N–H and O–H groups in total. The van der Waals surface area contributed by atoms with Crippen molar-refractivity contribution in [2.45, 2.75) is 38.4 Å². The first kappa shape index (κ1) is 12.9. The second-order valence-electron chi connectivity index (χ2n) is 5.96. The summed E-state index contributed by atoms with van der Waals surface area (Å²) < 4.78 is 5.72. The molecule has 3 heteroatoms. The standard InChI is InChI=1S/C16H23NO2/c1-12(11-17-9-2-10-17)16(18)13-3-5-14(6-4-13)19-15-7-8-15/h3-6,12,15-16,18H,2,7-11H2,1H3/t12-,16+/m1/s1. The van der Waals surface area contributed by atoms with E-state index in [1.54, 1.807) is 0 Å². The van der Waals surface area contributed by atoms with Gasteiger partial charge in [-0.1, -0.05) is 19.1 Å². The molecule has 0 amide bonds. The summed E-state index contributed by atoms with van der Waals surface area (Å²) in [5.74, 6) is 1.20. The van der Waals surface area contributed by atoms with Crippen LogP contribution in [0.15, 0.2) is 24.3 Å². The minimum atomic E-state index is -0.379. The highest BCUT2D eigenvalue weighted by atomic mass is 16.5. The molecule has 1 heterocycles. The summed E-state index contributed by atoms with van der Waals surface area (Å²) in [6.45, 7) is 5.48. The first-order valence-corrected chi connectivity index (χ1v) is 7.39. The lowest BCUT2D eigenvalue weighted by molar-refractivity contribution is 0.0677. The SMILES string of the molecule is C[C@H](CN1CCC1)[C@H](O)c1ccc(OC2CC2)cc1. The van der Waals surface area contributed by atoms with E-state index < -0.39 is 0 Å². The lowest BCUT2D eigenvalue weighted by Crippen LogP contribution is -2.41. The first-order valence-electron chi connectivity index (χ1n) is 7.39. The van der Waals surface area contributed by atoms with Crippen LogP contribution in [0, 0.1) is 5.92 Å². The van der Waals surface area contributed by atoms with Crippen LogP contribution in [-0.4, -0.2) is 35.7 Å². The van der Waals surface area contributed by atoms with E-state index in [4.69, 9.17) is 4.74 Å². The van der Waals surface area contributed by atoms with E-state index in [0.29, 0.717) is 6.10 Å². The molecule has 0 radical (unpaired) electrons. The van der Waals surface area contributed by atoms with Crippen LogP contribution in [0.4, 0.5) is 0 Å². The summed E-state index contributed by atoms with van der Waals surface area (Å²) in [5.41, 5.74) is 0.996. The molecule has 2 fully saturated rings. The van der Waals surface area contributed by atoms with E-state index in [-0.39, 0.29) is 12.0 Å². The number of rotatable bonds is 6. The summed E-state index contributed by atoms with van der Waals surface area (Å²) >= 11 is 0. The quantitative estimate of drug-likeness (QED) is 0.854. The van der Waals surface area contributed by atoms with E-state index in [9.17, 15) is 5.11 Å². The fourth-order valence-electron chi connectivity index (χ4n) is 2.52. The predicted octanol–water partition coefficient (Wildman–Crippen LogP) is 2.60. The van der Waals surface area contributed by atoms with E-state index in [2.05, 4.69) is 11.8 Å². The smallest absolute Gasteiger partial charge is 0.119 e. The van der Waals surface area contributed by atoms with Crippen molar-refractivity contribution < 1.29 is 9.84 Å². The van der Waals surface area contributed by atoms with Gasteiger partial charge in [0.05, 0.1) is 12.2 Å². The maximum Gasteiger partial charge on any atom is 0.119 e. The number of likely N-dealkylation sites (tertiary alicyclic amines) is 1. The number of ether oxygens (including phenoxy) is 1. The number of hydrogen-bond acceptors (Lipinski definition) is 3. The summed E-state index contributed by atoms with van der Waals surface area (Å²) in [7, 11) is 0. The average molecular weight is 261 g/mol. The van der Waals surface area contributed by atoms with Crippen molar-refractivity contribution in [1.29, 1.82) is 0 Å². The van der Waals surface area contributed by atoms with Gasteiger partial charge in [-0.05, 0) is 56.0 Å². The molecule has 3 nitrogen and oxygen atoms in total. The van der Waals surface area contributed by atoms with E-state index in [1.165, 1.54) is 32.4 Å². The van der Waals surface area contributed by atoms with Crippen molar-refractivity contribution in [3.05, 3.63) is 29.8 Å². The third-order valence-electron chi connectivity index (χ3n) is 4.08. The molecule has 0 spiro atoms. The summed E-state index contributed by atoms with van der Waals surface area (Å²) in [6, 6.07) is 7.95. The number of aliphatic hydroxyl groups is 1. The second-order valence-corrected chi connectivity index (χ2v) is 5.96. The fraction of sp³-hybridized carbons (Fsp3) is 0.625. The van der Waals surface area contributed by atoms with E-state index in [1.807, 2.05) is 24.3 Å². The maximum absolute atomic E-state index is 10.4. The van der Waals surface area contributed by atoms with Crippen molar-refractivity contribution in [2.24, 2.45) is 5.92 Å². The van der Waals surface area contributed by atoms with Gasteiger partial charge in [-0.2, -0.15) is 0 Å². The fourth-order valence-corrected chi connectivity index (χ4v) is 2.52. The van der Waals surface area contributed by atoms with Crippen LogP contribution in [0.25, 0.3) is 0 Å². The molecule has 0 bridgehead atoms. The molecule has 0 unspecified atom stereocenters. The monoisotopic (exact) mass is 261 g/mol. The van der Waals surface area contributed by atoms with Gasteiger partial charge in [-0.3, -0.25) is 0 Å². The third kappa shape index (κ3) is 3.28. The third-order valence-corrected chi connectivity index (χ3v) is 4.08. The van der Waals surface area contributed by atoms with Crippen LogP contribution in [-0.2, 0) is 0 Å². The maximum atomic E-state index is 10.4. The Hall–Kier alpha value is -1.06. The largest absolute Gasteiger partial charge is 0.490 e. The highest BCUT2D eigenvalue weighted by molar-refractivity contribution is 5.29. The first-order chi connectivity index (χ1) is 9.22. The Morgan fingerprint density at radius 2 is 1.95 bits per heavy atom. The number of nitrogens with zero attached hydrogens (tertiary/aromatic N) is 1. The Bertz CT molecular complexity index is 409. The highest BCUT2D eigenvalue weighted by Crippen LogP contribution is 2.29. The summed E-state index contributed by atoms with van der Waals surface area (Å²) in [4.78, 5) is 2.40. The molecule has 0 aromatic heterocycles. The zero-order chi connectivity index (χ0) is 13.2. The molecule has 104 valence electrons. The van der Waals surface area contributed by atoms with Crippen molar-refractivity contribution in [3.8, 4) is 5.75 Å². The predicted molar refractivity (Wildman–Crippen MR) is 75.3 cm³/mol. The van der Waals surface area contributed by atoms with Gasteiger partial charge in [-0.15, -0.1) is 0 Å². The van der Waals surface area contributed by atoms with Gasteiger partial charge in [0.2, 0.25) is 0 Å². The number of benzene rings is 1. The Balaban J connectivity index is 1.56. The Morgan fingerprint density at radius 1 is 1.26 bits per heavy atom. The normalized spacial score (nSPS) is 22.6. The van der Waals surface area contributed by atoms with Gasteiger partial charge >= 0.3 is 0 Å². The lowest BCUT2D eigenvalue weighted by Gasteiger charge is -2.34.